The average Bonchev–Trinajstić information content (AvgIpc) is 3.33. The zero-order valence-corrected chi connectivity index (χ0v) is 17.3. The molecule has 0 bridgehead atoms. The van der Waals surface area contributed by atoms with Gasteiger partial charge in [-0.15, -0.1) is 0 Å². The molecule has 0 aliphatic carbocycles. The number of esters is 1. The third-order valence-electron chi connectivity index (χ3n) is 4.81. The topological polar surface area (TPSA) is 119 Å². The van der Waals surface area contributed by atoms with Gasteiger partial charge in [0.2, 0.25) is 10.0 Å². The molecule has 0 atom stereocenters. The average molecular weight is 440 g/mol. The van der Waals surface area contributed by atoms with Crippen molar-refractivity contribution in [2.24, 2.45) is 0 Å². The van der Waals surface area contributed by atoms with Crippen molar-refractivity contribution in [1.82, 2.24) is 14.3 Å². The van der Waals surface area contributed by atoms with E-state index in [0.717, 1.165) is 12.8 Å². The first-order valence-corrected chi connectivity index (χ1v) is 11.2. The second-order valence-corrected chi connectivity index (χ2v) is 8.95. The zero-order chi connectivity index (χ0) is 21.8. The van der Waals surface area contributed by atoms with Crippen LogP contribution in [0.1, 0.15) is 23.3 Å². The van der Waals surface area contributed by atoms with E-state index in [2.05, 4.69) is 15.3 Å². The maximum atomic E-state index is 12.7. The molecule has 3 aromatic rings. The number of fused-ring (bicyclic) bond motifs is 1. The number of benzene rings is 2. The van der Waals surface area contributed by atoms with Gasteiger partial charge in [-0.1, -0.05) is 18.2 Å². The molecule has 4 rings (SSSR count). The fraction of sp³-hybridized carbons (Fsp3) is 0.238. The molecule has 2 heterocycles. The Morgan fingerprint density at radius 1 is 1.03 bits per heavy atom. The van der Waals surface area contributed by atoms with E-state index in [9.17, 15) is 18.0 Å². The van der Waals surface area contributed by atoms with Gasteiger partial charge in [0.25, 0.3) is 5.91 Å². The van der Waals surface area contributed by atoms with E-state index in [1.165, 1.54) is 22.6 Å². The molecule has 160 valence electrons. The molecule has 2 aromatic carbocycles. The van der Waals surface area contributed by atoms with E-state index in [-0.39, 0.29) is 10.6 Å². The summed E-state index contributed by atoms with van der Waals surface area (Å²) in [6.07, 6.45) is 2.96. The second kappa shape index (κ2) is 8.78. The monoisotopic (exact) mass is 440 g/mol. The predicted molar refractivity (Wildman–Crippen MR) is 113 cm³/mol. The van der Waals surface area contributed by atoms with Crippen molar-refractivity contribution >= 4 is 38.6 Å². The van der Waals surface area contributed by atoms with Gasteiger partial charge in [0, 0.05) is 18.8 Å². The SMILES string of the molecule is O=C(COC(=O)c1cnc2ccccc2n1)Nc1cccc(S(=O)(=O)N2CCCC2)c1. The van der Waals surface area contributed by atoms with Crippen molar-refractivity contribution in [2.75, 3.05) is 25.0 Å². The Morgan fingerprint density at radius 2 is 1.77 bits per heavy atom. The Bertz CT molecular complexity index is 1240. The molecular weight excluding hydrogens is 420 g/mol. The zero-order valence-electron chi connectivity index (χ0n) is 16.5. The highest BCUT2D eigenvalue weighted by Crippen LogP contribution is 2.23. The van der Waals surface area contributed by atoms with Gasteiger partial charge in [-0.2, -0.15) is 4.31 Å². The molecule has 1 N–H and O–H groups in total. The molecule has 0 spiro atoms. The summed E-state index contributed by atoms with van der Waals surface area (Å²) in [5.74, 6) is -1.38. The molecule has 1 aliphatic rings. The minimum atomic E-state index is -3.60. The molecule has 1 fully saturated rings. The van der Waals surface area contributed by atoms with Crippen molar-refractivity contribution in [1.29, 1.82) is 0 Å². The van der Waals surface area contributed by atoms with Gasteiger partial charge in [0.05, 0.1) is 22.1 Å². The highest BCUT2D eigenvalue weighted by Gasteiger charge is 2.27. The molecule has 1 saturated heterocycles. The Labute approximate surface area is 179 Å². The van der Waals surface area contributed by atoms with E-state index in [4.69, 9.17) is 4.74 Å². The largest absolute Gasteiger partial charge is 0.451 e. The van der Waals surface area contributed by atoms with Crippen LogP contribution in [0.4, 0.5) is 5.69 Å². The molecule has 0 radical (unpaired) electrons. The van der Waals surface area contributed by atoms with Crippen LogP contribution in [0.5, 0.6) is 0 Å². The van der Waals surface area contributed by atoms with Crippen molar-refractivity contribution in [2.45, 2.75) is 17.7 Å². The van der Waals surface area contributed by atoms with Crippen molar-refractivity contribution in [3.05, 3.63) is 60.4 Å². The van der Waals surface area contributed by atoms with Gasteiger partial charge in [-0.05, 0) is 43.2 Å². The van der Waals surface area contributed by atoms with Crippen LogP contribution in [0, 0.1) is 0 Å². The van der Waals surface area contributed by atoms with Gasteiger partial charge in [-0.3, -0.25) is 9.78 Å². The van der Waals surface area contributed by atoms with Crippen LogP contribution in [0.2, 0.25) is 0 Å². The van der Waals surface area contributed by atoms with Crippen molar-refractivity contribution in [3.63, 3.8) is 0 Å². The van der Waals surface area contributed by atoms with Crippen LogP contribution in [-0.4, -0.2) is 54.3 Å². The first kappa shape index (κ1) is 20.9. The Hall–Kier alpha value is -3.37. The molecule has 1 amide bonds. The summed E-state index contributed by atoms with van der Waals surface area (Å²) in [5, 5.41) is 2.55. The maximum absolute atomic E-state index is 12.7. The number of rotatable bonds is 6. The molecule has 0 saturated carbocycles. The van der Waals surface area contributed by atoms with Crippen LogP contribution in [0.25, 0.3) is 11.0 Å². The smallest absolute Gasteiger partial charge is 0.359 e. The molecular formula is C21H20N4O5S. The summed E-state index contributed by atoms with van der Waals surface area (Å²) in [4.78, 5) is 32.8. The first-order chi connectivity index (χ1) is 14.9. The minimum Gasteiger partial charge on any atom is -0.451 e. The highest BCUT2D eigenvalue weighted by molar-refractivity contribution is 7.89. The lowest BCUT2D eigenvalue weighted by Crippen LogP contribution is -2.28. The van der Waals surface area contributed by atoms with Gasteiger partial charge < -0.3 is 10.1 Å². The van der Waals surface area contributed by atoms with Crippen LogP contribution < -0.4 is 5.32 Å². The van der Waals surface area contributed by atoms with Crippen molar-refractivity contribution in [3.8, 4) is 0 Å². The number of hydrogen-bond acceptors (Lipinski definition) is 7. The standard InChI is InChI=1S/C21H20N4O5S/c26-20(14-30-21(27)19-13-22-17-8-1-2-9-18(17)24-19)23-15-6-5-7-16(12-15)31(28,29)25-10-3-4-11-25/h1-2,5-9,12-13H,3-4,10-11,14H2,(H,23,26). The van der Waals surface area contributed by atoms with E-state index >= 15 is 0 Å². The lowest BCUT2D eigenvalue weighted by molar-refractivity contribution is -0.119. The summed E-state index contributed by atoms with van der Waals surface area (Å²) in [7, 11) is -3.60. The Kier molecular flexibility index (Phi) is 5.92. The summed E-state index contributed by atoms with van der Waals surface area (Å²) in [5.41, 5.74) is 1.47. The number of aromatic nitrogens is 2. The number of ether oxygens (including phenoxy) is 1. The number of hydrogen-bond donors (Lipinski definition) is 1. The molecule has 10 heteroatoms. The summed E-state index contributed by atoms with van der Waals surface area (Å²) >= 11 is 0. The predicted octanol–water partition coefficient (Wildman–Crippen LogP) is 2.21. The van der Waals surface area contributed by atoms with Gasteiger partial charge >= 0.3 is 5.97 Å². The quantitative estimate of drug-likeness (QED) is 0.584. The number of nitrogens with one attached hydrogen (secondary N) is 1. The maximum Gasteiger partial charge on any atom is 0.359 e. The number of carbonyl (C=O) groups is 2. The number of sulfonamides is 1. The number of para-hydroxylation sites is 2. The van der Waals surface area contributed by atoms with E-state index in [1.54, 1.807) is 30.3 Å². The second-order valence-electron chi connectivity index (χ2n) is 7.01. The van der Waals surface area contributed by atoms with Gasteiger partial charge in [0.1, 0.15) is 0 Å². The minimum absolute atomic E-state index is 0.00907. The molecule has 1 aromatic heterocycles. The van der Waals surface area contributed by atoms with Crippen LogP contribution >= 0.6 is 0 Å². The lowest BCUT2D eigenvalue weighted by atomic mass is 10.3. The van der Waals surface area contributed by atoms with Gasteiger partial charge in [-0.25, -0.2) is 18.2 Å². The summed E-state index contributed by atoms with van der Waals surface area (Å²) in [6, 6.07) is 13.1. The molecule has 9 nitrogen and oxygen atoms in total. The number of nitrogens with zero attached hydrogens (tertiary/aromatic N) is 3. The Morgan fingerprint density at radius 3 is 2.55 bits per heavy atom. The van der Waals surface area contributed by atoms with E-state index in [1.807, 2.05) is 6.07 Å². The lowest BCUT2D eigenvalue weighted by Gasteiger charge is -2.16. The van der Waals surface area contributed by atoms with Crippen LogP contribution in [0.3, 0.4) is 0 Å². The van der Waals surface area contributed by atoms with Crippen LogP contribution in [-0.2, 0) is 19.6 Å². The number of amides is 1. The van der Waals surface area contributed by atoms with E-state index < -0.39 is 28.5 Å². The van der Waals surface area contributed by atoms with Gasteiger partial charge in [0.15, 0.2) is 12.3 Å². The third-order valence-corrected chi connectivity index (χ3v) is 6.71. The summed E-state index contributed by atoms with van der Waals surface area (Å²) < 4.78 is 31.8. The summed E-state index contributed by atoms with van der Waals surface area (Å²) in [6.45, 7) is 0.440. The number of carbonyl (C=O) groups excluding carboxylic acids is 2. The normalized spacial score (nSPS) is 14.5. The number of anilines is 1. The fourth-order valence-corrected chi connectivity index (χ4v) is 4.83. The van der Waals surface area contributed by atoms with Crippen LogP contribution in [0.15, 0.2) is 59.6 Å². The van der Waals surface area contributed by atoms with E-state index in [0.29, 0.717) is 29.8 Å². The first-order valence-electron chi connectivity index (χ1n) is 9.72. The molecule has 0 unspecified atom stereocenters. The Balaban J connectivity index is 1.38. The third kappa shape index (κ3) is 4.70. The molecule has 1 aliphatic heterocycles. The molecule has 31 heavy (non-hydrogen) atoms. The van der Waals surface area contributed by atoms with Crippen molar-refractivity contribution < 1.29 is 22.7 Å². The fourth-order valence-electron chi connectivity index (χ4n) is 3.27. The highest BCUT2D eigenvalue weighted by atomic mass is 32.2.